The molecule has 0 fully saturated rings. The van der Waals surface area contributed by atoms with E-state index in [0.717, 1.165) is 23.9 Å². The number of hydrogen-bond donors (Lipinski definition) is 1. The molecule has 0 saturated heterocycles. The van der Waals surface area contributed by atoms with Crippen molar-refractivity contribution in [1.82, 2.24) is 0 Å². The number of nitrogens with two attached hydrogens (primary N) is 1. The number of ketones is 1. The van der Waals surface area contributed by atoms with Gasteiger partial charge >= 0.3 is 6.18 Å². The van der Waals surface area contributed by atoms with Crippen LogP contribution in [0.1, 0.15) is 18.1 Å². The number of thioether (sulfide) groups is 1. The van der Waals surface area contributed by atoms with Crippen molar-refractivity contribution < 1.29 is 22.7 Å². The number of rotatable bonds is 3. The highest BCUT2D eigenvalue weighted by Crippen LogP contribution is 2.41. The summed E-state index contributed by atoms with van der Waals surface area (Å²) in [5, 5.41) is 0.172. The van der Waals surface area contributed by atoms with Crippen molar-refractivity contribution in [3.05, 3.63) is 51.6 Å². The van der Waals surface area contributed by atoms with Crippen LogP contribution in [0, 0.1) is 0 Å². The molecule has 0 aliphatic carbocycles. The lowest BCUT2D eigenvalue weighted by Gasteiger charge is -2.09. The van der Waals surface area contributed by atoms with Gasteiger partial charge in [-0.25, -0.2) is 0 Å². The Morgan fingerprint density at radius 2 is 2.10 bits per heavy atom. The van der Waals surface area contributed by atoms with Crippen LogP contribution in [0.5, 0.6) is 0 Å². The largest absolute Gasteiger partial charge is 0.500 e. The van der Waals surface area contributed by atoms with Crippen molar-refractivity contribution in [2.24, 2.45) is 5.73 Å². The molecule has 0 spiro atoms. The van der Waals surface area contributed by atoms with Crippen LogP contribution < -0.4 is 5.73 Å². The van der Waals surface area contributed by atoms with E-state index in [4.69, 9.17) is 10.5 Å². The van der Waals surface area contributed by atoms with E-state index in [1.807, 2.05) is 0 Å². The van der Waals surface area contributed by atoms with Gasteiger partial charge in [-0.1, -0.05) is 23.9 Å². The minimum atomic E-state index is -4.47. The van der Waals surface area contributed by atoms with Crippen LogP contribution >= 0.6 is 11.8 Å². The topological polar surface area (TPSA) is 52.3 Å². The van der Waals surface area contributed by atoms with Gasteiger partial charge in [0.05, 0.1) is 27.7 Å². The lowest BCUT2D eigenvalue weighted by atomic mass is 10.0. The van der Waals surface area contributed by atoms with Crippen molar-refractivity contribution in [3.63, 3.8) is 0 Å². The van der Waals surface area contributed by atoms with Crippen LogP contribution in [-0.2, 0) is 15.7 Å². The summed E-state index contributed by atoms with van der Waals surface area (Å²) in [5.41, 5.74) is 5.18. The monoisotopic (exact) mass is 315 g/mol. The molecule has 0 aromatic heterocycles. The molecule has 2 rings (SSSR count). The van der Waals surface area contributed by atoms with E-state index in [9.17, 15) is 18.0 Å². The number of Topliss-reactive ketones (excluding diaryl/α,β-unsaturated/α-hetero) is 1. The molecule has 1 aromatic rings. The summed E-state index contributed by atoms with van der Waals surface area (Å²) in [6.45, 7) is 2.14. The van der Waals surface area contributed by atoms with E-state index in [1.165, 1.54) is 18.4 Å². The Morgan fingerprint density at radius 3 is 2.71 bits per heavy atom. The number of halogens is 3. The molecular weight excluding hydrogens is 303 g/mol. The molecule has 0 unspecified atom stereocenters. The zero-order valence-electron chi connectivity index (χ0n) is 11.0. The van der Waals surface area contributed by atoms with Gasteiger partial charge in [-0.3, -0.25) is 4.79 Å². The molecular formula is C14H12F3NO2S. The SMILES string of the molecule is CCOC=C1SC(N)=C(c2cccc(C(F)(F)F)c2)C1=O. The maximum absolute atomic E-state index is 12.7. The standard InChI is InChI=1S/C14H12F3NO2S/c1-2-20-7-10-12(19)11(13(18)21-10)8-4-3-5-9(6-8)14(15,16)17/h3-7H,2,18H2,1H3. The summed E-state index contributed by atoms with van der Waals surface area (Å²) in [6.07, 6.45) is -3.19. The quantitative estimate of drug-likeness (QED) is 0.685. The van der Waals surface area contributed by atoms with Crippen LogP contribution in [0.25, 0.3) is 5.57 Å². The van der Waals surface area contributed by atoms with Gasteiger partial charge in [0.1, 0.15) is 6.26 Å². The van der Waals surface area contributed by atoms with E-state index in [-0.39, 0.29) is 21.1 Å². The minimum absolute atomic E-state index is 0.0806. The van der Waals surface area contributed by atoms with Gasteiger partial charge in [-0.2, -0.15) is 13.2 Å². The lowest BCUT2D eigenvalue weighted by molar-refractivity contribution is -0.137. The van der Waals surface area contributed by atoms with Gasteiger partial charge in [0, 0.05) is 0 Å². The molecule has 0 bridgehead atoms. The van der Waals surface area contributed by atoms with Crippen LogP contribution in [0.2, 0.25) is 0 Å². The fourth-order valence-corrected chi connectivity index (χ4v) is 2.67. The third kappa shape index (κ3) is 3.24. The Morgan fingerprint density at radius 1 is 1.38 bits per heavy atom. The molecule has 21 heavy (non-hydrogen) atoms. The maximum Gasteiger partial charge on any atom is 0.416 e. The number of allylic oxidation sites excluding steroid dienone is 2. The van der Waals surface area contributed by atoms with Crippen molar-refractivity contribution in [2.75, 3.05) is 6.61 Å². The Labute approximate surface area is 123 Å². The summed E-state index contributed by atoms with van der Waals surface area (Å²) in [5.74, 6) is -0.426. The molecule has 7 heteroatoms. The number of ether oxygens (including phenoxy) is 1. The summed E-state index contributed by atoms with van der Waals surface area (Å²) < 4.78 is 43.2. The number of hydrogen-bond acceptors (Lipinski definition) is 4. The number of benzene rings is 1. The van der Waals surface area contributed by atoms with Crippen molar-refractivity contribution in [2.45, 2.75) is 13.1 Å². The highest BCUT2D eigenvalue weighted by Gasteiger charge is 2.33. The van der Waals surface area contributed by atoms with Crippen molar-refractivity contribution in [3.8, 4) is 0 Å². The zero-order chi connectivity index (χ0) is 15.6. The van der Waals surface area contributed by atoms with Gasteiger partial charge in [-0.05, 0) is 24.6 Å². The highest BCUT2D eigenvalue weighted by molar-refractivity contribution is 8.08. The van der Waals surface area contributed by atoms with Gasteiger partial charge in [0.25, 0.3) is 0 Å². The molecule has 1 aromatic carbocycles. The Hall–Kier alpha value is -1.89. The third-order valence-corrected chi connectivity index (χ3v) is 3.68. The predicted octanol–water partition coefficient (Wildman–Crippen LogP) is 3.53. The van der Waals surface area contributed by atoms with E-state index < -0.39 is 17.5 Å². The van der Waals surface area contributed by atoms with E-state index in [2.05, 4.69) is 0 Å². The second kappa shape index (κ2) is 5.85. The van der Waals surface area contributed by atoms with E-state index in [1.54, 1.807) is 6.92 Å². The Balaban J connectivity index is 2.39. The van der Waals surface area contributed by atoms with Gasteiger partial charge < -0.3 is 10.5 Å². The molecule has 1 aliphatic rings. The maximum atomic E-state index is 12.7. The van der Waals surface area contributed by atoms with Gasteiger partial charge in [0.15, 0.2) is 0 Å². The second-order valence-corrected chi connectivity index (χ2v) is 5.27. The molecule has 0 atom stereocenters. The van der Waals surface area contributed by atoms with Crippen molar-refractivity contribution in [1.29, 1.82) is 0 Å². The normalized spacial score (nSPS) is 17.7. The molecule has 0 radical (unpaired) electrons. The molecule has 1 aliphatic heterocycles. The zero-order valence-corrected chi connectivity index (χ0v) is 11.8. The number of carbonyl (C=O) groups excluding carboxylic acids is 1. The fraction of sp³-hybridized carbons (Fsp3) is 0.214. The molecule has 3 nitrogen and oxygen atoms in total. The molecule has 1 heterocycles. The smallest absolute Gasteiger partial charge is 0.416 e. The first-order valence-electron chi connectivity index (χ1n) is 6.06. The summed E-state index contributed by atoms with van der Waals surface area (Å²) in [4.78, 5) is 12.5. The Bertz CT molecular complexity index is 635. The predicted molar refractivity (Wildman–Crippen MR) is 74.9 cm³/mol. The summed E-state index contributed by atoms with van der Waals surface area (Å²) in [6, 6.07) is 4.55. The average Bonchev–Trinajstić information content (AvgIpc) is 2.70. The van der Waals surface area contributed by atoms with Crippen LogP contribution in [-0.4, -0.2) is 12.4 Å². The molecule has 0 amide bonds. The first-order valence-corrected chi connectivity index (χ1v) is 6.88. The fourth-order valence-electron chi connectivity index (χ4n) is 1.81. The second-order valence-electron chi connectivity index (χ2n) is 4.19. The van der Waals surface area contributed by atoms with Crippen molar-refractivity contribution >= 4 is 23.1 Å². The lowest BCUT2D eigenvalue weighted by Crippen LogP contribution is -2.07. The summed E-state index contributed by atoms with van der Waals surface area (Å²) >= 11 is 0.993. The Kier molecular flexibility index (Phi) is 4.32. The molecule has 2 N–H and O–H groups in total. The van der Waals surface area contributed by atoms with Gasteiger partial charge in [-0.15, -0.1) is 0 Å². The van der Waals surface area contributed by atoms with E-state index >= 15 is 0 Å². The number of alkyl halides is 3. The third-order valence-electron chi connectivity index (χ3n) is 2.75. The van der Waals surface area contributed by atoms with Crippen LogP contribution in [0.3, 0.4) is 0 Å². The van der Waals surface area contributed by atoms with Crippen LogP contribution in [0.4, 0.5) is 13.2 Å². The molecule has 112 valence electrons. The average molecular weight is 315 g/mol. The van der Waals surface area contributed by atoms with Gasteiger partial charge in [0.2, 0.25) is 5.78 Å². The molecule has 0 saturated carbocycles. The number of carbonyl (C=O) groups is 1. The highest BCUT2D eigenvalue weighted by atomic mass is 32.2. The van der Waals surface area contributed by atoms with Crippen LogP contribution in [0.15, 0.2) is 40.5 Å². The first-order chi connectivity index (χ1) is 9.84. The first kappa shape index (κ1) is 15.5. The van der Waals surface area contributed by atoms with E-state index in [0.29, 0.717) is 6.61 Å². The minimum Gasteiger partial charge on any atom is -0.500 e. The summed E-state index contributed by atoms with van der Waals surface area (Å²) in [7, 11) is 0.